The maximum atomic E-state index is 6.41. The van der Waals surface area contributed by atoms with E-state index in [1.807, 2.05) is 0 Å². The average Bonchev–Trinajstić information content (AvgIpc) is 2.54. The van der Waals surface area contributed by atoms with Crippen LogP contribution in [0.15, 0.2) is 0 Å². The molecule has 0 saturated heterocycles. The van der Waals surface area contributed by atoms with Gasteiger partial charge in [0.05, 0.1) is 0 Å². The summed E-state index contributed by atoms with van der Waals surface area (Å²) in [6.45, 7) is 2.37. The molecule has 2 rings (SSSR count). The van der Waals surface area contributed by atoms with Gasteiger partial charge in [0.15, 0.2) is 0 Å². The van der Waals surface area contributed by atoms with Gasteiger partial charge in [-0.25, -0.2) is 0 Å². The molecule has 0 heterocycles. The van der Waals surface area contributed by atoms with Crippen LogP contribution in [0.1, 0.15) is 71.1 Å². The molecule has 0 nitrogen and oxygen atoms in total. The maximum absolute atomic E-state index is 6.41. The van der Waals surface area contributed by atoms with Crippen LogP contribution in [0.25, 0.3) is 0 Å². The summed E-state index contributed by atoms with van der Waals surface area (Å²) in [6.07, 6.45) is 14.2. The highest BCUT2D eigenvalue weighted by molar-refractivity contribution is 6.20. The number of alkyl halides is 1. The van der Waals surface area contributed by atoms with Gasteiger partial charge in [-0.1, -0.05) is 51.9 Å². The maximum Gasteiger partial charge on any atom is 0.0338 e. The molecule has 0 amide bonds. The lowest BCUT2D eigenvalue weighted by Gasteiger charge is -2.34. The molecule has 2 aliphatic rings. The van der Waals surface area contributed by atoms with Crippen LogP contribution >= 0.6 is 11.6 Å². The zero-order valence-electron chi connectivity index (χ0n) is 10.8. The molecule has 0 spiro atoms. The summed E-state index contributed by atoms with van der Waals surface area (Å²) in [6, 6.07) is 0. The van der Waals surface area contributed by atoms with Crippen molar-refractivity contribution in [3.05, 3.63) is 0 Å². The molecule has 94 valence electrons. The van der Waals surface area contributed by atoms with E-state index in [1.54, 1.807) is 0 Å². The third-order valence-corrected chi connectivity index (χ3v) is 5.36. The molecule has 0 radical (unpaired) electrons. The third kappa shape index (κ3) is 3.39. The Hall–Kier alpha value is 0.290. The molecule has 1 heteroatoms. The lowest BCUT2D eigenvalue weighted by molar-refractivity contribution is 0.178. The van der Waals surface area contributed by atoms with E-state index < -0.39 is 0 Å². The van der Waals surface area contributed by atoms with Gasteiger partial charge in [-0.3, -0.25) is 0 Å². The molecule has 0 bridgehead atoms. The molecule has 2 saturated carbocycles. The van der Waals surface area contributed by atoms with E-state index in [0.717, 1.165) is 17.8 Å². The summed E-state index contributed by atoms with van der Waals surface area (Å²) in [5.74, 6) is 2.99. The second-order valence-electron chi connectivity index (χ2n) is 6.08. The van der Waals surface area contributed by atoms with Gasteiger partial charge in [0, 0.05) is 5.38 Å². The zero-order chi connectivity index (χ0) is 11.4. The van der Waals surface area contributed by atoms with E-state index >= 15 is 0 Å². The molecule has 0 N–H and O–H groups in total. The molecule has 4 atom stereocenters. The molecule has 0 aliphatic heterocycles. The minimum absolute atomic E-state index is 0.481. The zero-order valence-corrected chi connectivity index (χ0v) is 11.5. The van der Waals surface area contributed by atoms with Crippen molar-refractivity contribution in [1.82, 2.24) is 0 Å². The normalized spacial score (nSPS) is 41.6. The van der Waals surface area contributed by atoms with E-state index in [4.69, 9.17) is 11.6 Å². The van der Waals surface area contributed by atoms with Gasteiger partial charge in [-0.2, -0.15) is 0 Å². The average molecular weight is 243 g/mol. The highest BCUT2D eigenvalue weighted by atomic mass is 35.5. The minimum atomic E-state index is 0.481. The summed E-state index contributed by atoms with van der Waals surface area (Å²) < 4.78 is 0. The molecule has 2 fully saturated rings. The largest absolute Gasteiger partial charge is 0.123 e. The molecular formula is C15H27Cl. The van der Waals surface area contributed by atoms with Gasteiger partial charge in [-0.15, -0.1) is 11.6 Å². The summed E-state index contributed by atoms with van der Waals surface area (Å²) in [7, 11) is 0. The van der Waals surface area contributed by atoms with Crippen molar-refractivity contribution in [2.45, 2.75) is 76.5 Å². The van der Waals surface area contributed by atoms with Gasteiger partial charge >= 0.3 is 0 Å². The van der Waals surface area contributed by atoms with E-state index in [-0.39, 0.29) is 0 Å². The molecule has 16 heavy (non-hydrogen) atoms. The van der Waals surface area contributed by atoms with Gasteiger partial charge in [-0.05, 0) is 37.0 Å². The van der Waals surface area contributed by atoms with Crippen molar-refractivity contribution in [2.24, 2.45) is 17.8 Å². The Bertz CT molecular complexity index is 202. The van der Waals surface area contributed by atoms with Crippen LogP contribution in [0.4, 0.5) is 0 Å². The van der Waals surface area contributed by atoms with E-state index in [9.17, 15) is 0 Å². The Balaban J connectivity index is 1.89. The minimum Gasteiger partial charge on any atom is -0.123 e. The lowest BCUT2D eigenvalue weighted by atomic mass is 9.72. The van der Waals surface area contributed by atoms with Crippen molar-refractivity contribution < 1.29 is 0 Å². The number of halogens is 1. The molecule has 0 aromatic rings. The van der Waals surface area contributed by atoms with Crippen molar-refractivity contribution in [2.75, 3.05) is 0 Å². The van der Waals surface area contributed by atoms with Crippen LogP contribution in [-0.2, 0) is 0 Å². The highest BCUT2D eigenvalue weighted by Crippen LogP contribution is 2.41. The molecule has 0 aromatic carbocycles. The Kier molecular flexibility index (Phi) is 5.00. The molecule has 2 aliphatic carbocycles. The van der Waals surface area contributed by atoms with Crippen molar-refractivity contribution >= 4 is 11.6 Å². The standard InChI is InChI=1S/C15H27Cl/c1-2-12-6-5-8-13(10-12)14-7-3-4-9-15(16)11-14/h12-15H,2-11H2,1H3. The lowest BCUT2D eigenvalue weighted by Crippen LogP contribution is -2.23. The first-order valence-corrected chi connectivity index (χ1v) is 7.87. The Morgan fingerprint density at radius 3 is 2.38 bits per heavy atom. The van der Waals surface area contributed by atoms with Crippen LogP contribution in [0, 0.1) is 17.8 Å². The predicted octanol–water partition coefficient (Wildman–Crippen LogP) is 5.39. The van der Waals surface area contributed by atoms with Crippen LogP contribution in [0.2, 0.25) is 0 Å². The van der Waals surface area contributed by atoms with Crippen LogP contribution < -0.4 is 0 Å². The van der Waals surface area contributed by atoms with Crippen molar-refractivity contribution in [3.8, 4) is 0 Å². The highest BCUT2D eigenvalue weighted by Gasteiger charge is 2.29. The van der Waals surface area contributed by atoms with Crippen molar-refractivity contribution in [1.29, 1.82) is 0 Å². The molecule has 4 unspecified atom stereocenters. The second kappa shape index (κ2) is 6.28. The van der Waals surface area contributed by atoms with Gasteiger partial charge < -0.3 is 0 Å². The van der Waals surface area contributed by atoms with E-state index in [1.165, 1.54) is 64.2 Å². The summed E-state index contributed by atoms with van der Waals surface area (Å²) >= 11 is 6.41. The first-order chi connectivity index (χ1) is 7.79. The van der Waals surface area contributed by atoms with Gasteiger partial charge in [0.25, 0.3) is 0 Å². The van der Waals surface area contributed by atoms with E-state index in [0.29, 0.717) is 5.38 Å². The predicted molar refractivity (Wildman–Crippen MR) is 72.0 cm³/mol. The fraction of sp³-hybridized carbons (Fsp3) is 1.00. The Morgan fingerprint density at radius 2 is 1.56 bits per heavy atom. The van der Waals surface area contributed by atoms with Gasteiger partial charge in [0.1, 0.15) is 0 Å². The van der Waals surface area contributed by atoms with Crippen LogP contribution in [0.3, 0.4) is 0 Å². The number of rotatable bonds is 2. The monoisotopic (exact) mass is 242 g/mol. The third-order valence-electron chi connectivity index (χ3n) is 4.97. The molecular weight excluding hydrogens is 216 g/mol. The van der Waals surface area contributed by atoms with Crippen LogP contribution in [0.5, 0.6) is 0 Å². The van der Waals surface area contributed by atoms with Crippen LogP contribution in [-0.4, -0.2) is 5.38 Å². The topological polar surface area (TPSA) is 0 Å². The summed E-state index contributed by atoms with van der Waals surface area (Å²) in [4.78, 5) is 0. The summed E-state index contributed by atoms with van der Waals surface area (Å²) in [5.41, 5.74) is 0. The smallest absolute Gasteiger partial charge is 0.0338 e. The quantitative estimate of drug-likeness (QED) is 0.450. The fourth-order valence-corrected chi connectivity index (χ4v) is 4.28. The SMILES string of the molecule is CCC1CCCC(C2CCCCC(Cl)C2)C1. The Labute approximate surface area is 106 Å². The number of hydrogen-bond donors (Lipinski definition) is 0. The Morgan fingerprint density at radius 1 is 0.875 bits per heavy atom. The van der Waals surface area contributed by atoms with Gasteiger partial charge in [0.2, 0.25) is 0 Å². The second-order valence-corrected chi connectivity index (χ2v) is 6.70. The van der Waals surface area contributed by atoms with Crippen molar-refractivity contribution in [3.63, 3.8) is 0 Å². The fourth-order valence-electron chi connectivity index (χ4n) is 3.90. The number of hydrogen-bond acceptors (Lipinski definition) is 0. The first kappa shape index (κ1) is 12.7. The van der Waals surface area contributed by atoms with E-state index in [2.05, 4.69) is 6.92 Å². The summed E-state index contributed by atoms with van der Waals surface area (Å²) in [5, 5.41) is 0.481. The first-order valence-electron chi connectivity index (χ1n) is 7.43. The molecule has 0 aromatic heterocycles.